The van der Waals surface area contributed by atoms with Gasteiger partial charge in [-0.3, -0.25) is 0 Å². The molecule has 1 aromatic heterocycles. The molecule has 1 N–H and O–H groups in total. The minimum atomic E-state index is -0.145. The molecule has 0 radical (unpaired) electrons. The van der Waals surface area contributed by atoms with Gasteiger partial charge in [-0.2, -0.15) is 5.26 Å². The molecule has 0 amide bonds. The van der Waals surface area contributed by atoms with Crippen molar-refractivity contribution < 1.29 is 0 Å². The van der Waals surface area contributed by atoms with E-state index >= 15 is 0 Å². The Balaban J connectivity index is 2.09. The average Bonchev–Trinajstić information content (AvgIpc) is 2.99. The van der Waals surface area contributed by atoms with Crippen LogP contribution >= 0.6 is 11.8 Å². The molecular formula is C20H19N3S. The lowest BCUT2D eigenvalue weighted by Gasteiger charge is -2.04. The Morgan fingerprint density at radius 3 is 2.04 bits per heavy atom. The van der Waals surface area contributed by atoms with E-state index in [9.17, 15) is 0 Å². The second kappa shape index (κ2) is 6.94. The fourth-order valence-electron chi connectivity index (χ4n) is 2.45. The Hall–Kier alpha value is -2.51. The highest BCUT2D eigenvalue weighted by molar-refractivity contribution is 8.00. The lowest BCUT2D eigenvalue weighted by Crippen LogP contribution is -1.90. The highest BCUT2D eigenvalue weighted by Crippen LogP contribution is 2.33. The number of aromatic nitrogens is 2. The van der Waals surface area contributed by atoms with Crippen LogP contribution in [-0.4, -0.2) is 15.2 Å². The molecule has 0 spiro atoms. The molecule has 0 saturated heterocycles. The van der Waals surface area contributed by atoms with Gasteiger partial charge in [0.2, 0.25) is 0 Å². The fraction of sp³-hybridized carbons (Fsp3) is 0.200. The molecule has 120 valence electrons. The highest BCUT2D eigenvalue weighted by atomic mass is 32.2. The molecule has 0 aliphatic rings. The molecule has 1 atom stereocenters. The third-order valence-electron chi connectivity index (χ3n) is 3.82. The van der Waals surface area contributed by atoms with Crippen LogP contribution in [0.2, 0.25) is 0 Å². The largest absolute Gasteiger partial charge is 0.332 e. The molecule has 0 fully saturated rings. The number of hydrogen-bond acceptors (Lipinski definition) is 3. The van der Waals surface area contributed by atoms with Gasteiger partial charge in [-0.15, -0.1) is 0 Å². The van der Waals surface area contributed by atoms with Gasteiger partial charge in [0.1, 0.15) is 0 Å². The number of nitriles is 1. The first-order valence-corrected chi connectivity index (χ1v) is 8.75. The number of nitrogens with zero attached hydrogens (tertiary/aromatic N) is 2. The zero-order valence-electron chi connectivity index (χ0n) is 14.0. The lowest BCUT2D eigenvalue weighted by atomic mass is 10.0. The monoisotopic (exact) mass is 333 g/mol. The van der Waals surface area contributed by atoms with E-state index in [0.717, 1.165) is 27.7 Å². The van der Waals surface area contributed by atoms with Crippen molar-refractivity contribution >= 4 is 11.8 Å². The summed E-state index contributed by atoms with van der Waals surface area (Å²) in [6, 6.07) is 19.0. The number of thioether (sulfide) groups is 1. The van der Waals surface area contributed by atoms with Crippen LogP contribution < -0.4 is 0 Å². The minimum absolute atomic E-state index is 0.145. The number of imidazole rings is 1. The van der Waals surface area contributed by atoms with Crippen molar-refractivity contribution in [3.8, 4) is 28.6 Å². The normalized spacial score (nSPS) is 11.9. The van der Waals surface area contributed by atoms with Gasteiger partial charge in [0.15, 0.2) is 5.16 Å². The molecule has 0 bridgehead atoms. The standard InChI is InChI=1S/C20H19N3S/c1-13-4-8-16(9-5-13)18-19(17-10-6-14(2)7-11-17)23-20(22-18)24-15(3)12-21/h4-11,15H,1-3H3,(H,22,23)/t15-/m0/s1. The lowest BCUT2D eigenvalue weighted by molar-refractivity contribution is 1.05. The van der Waals surface area contributed by atoms with Crippen molar-refractivity contribution in [1.82, 2.24) is 9.97 Å². The van der Waals surface area contributed by atoms with Gasteiger partial charge in [-0.05, 0) is 20.8 Å². The van der Waals surface area contributed by atoms with Crippen LogP contribution in [0.5, 0.6) is 0 Å². The first-order valence-electron chi connectivity index (χ1n) is 7.87. The number of hydrogen-bond donors (Lipinski definition) is 1. The van der Waals surface area contributed by atoms with Gasteiger partial charge in [-0.25, -0.2) is 4.98 Å². The molecule has 0 aliphatic heterocycles. The van der Waals surface area contributed by atoms with Crippen LogP contribution in [0.1, 0.15) is 18.1 Å². The number of H-pyrrole nitrogens is 1. The van der Waals surface area contributed by atoms with Gasteiger partial charge in [0.05, 0.1) is 22.7 Å². The van der Waals surface area contributed by atoms with Gasteiger partial charge >= 0.3 is 0 Å². The van der Waals surface area contributed by atoms with E-state index in [1.807, 2.05) is 6.92 Å². The molecule has 0 aliphatic carbocycles. The summed E-state index contributed by atoms with van der Waals surface area (Å²) in [5.41, 5.74) is 6.53. The smallest absolute Gasteiger partial charge is 0.167 e. The third kappa shape index (κ3) is 3.52. The number of aryl methyl sites for hydroxylation is 2. The zero-order chi connectivity index (χ0) is 17.1. The van der Waals surface area contributed by atoms with E-state index in [-0.39, 0.29) is 5.25 Å². The summed E-state index contributed by atoms with van der Waals surface area (Å²) in [5, 5.41) is 9.68. The zero-order valence-corrected chi connectivity index (χ0v) is 14.8. The molecule has 2 aromatic carbocycles. The Labute approximate surface area is 146 Å². The Morgan fingerprint density at radius 1 is 0.958 bits per heavy atom. The van der Waals surface area contributed by atoms with Gasteiger partial charge in [0, 0.05) is 11.1 Å². The number of aromatic amines is 1. The fourth-order valence-corrected chi connectivity index (χ4v) is 3.14. The van der Waals surface area contributed by atoms with E-state index in [1.165, 1.54) is 22.9 Å². The van der Waals surface area contributed by atoms with Gasteiger partial charge in [-0.1, -0.05) is 71.4 Å². The molecule has 3 aromatic rings. The molecule has 0 unspecified atom stereocenters. The van der Waals surface area contributed by atoms with E-state index in [1.54, 1.807) is 0 Å². The van der Waals surface area contributed by atoms with Crippen LogP contribution in [0.3, 0.4) is 0 Å². The first-order chi connectivity index (χ1) is 11.6. The molecular weight excluding hydrogens is 314 g/mol. The Morgan fingerprint density at radius 2 is 1.50 bits per heavy atom. The molecule has 3 rings (SSSR count). The number of nitrogens with one attached hydrogen (secondary N) is 1. The van der Waals surface area contributed by atoms with E-state index in [4.69, 9.17) is 10.2 Å². The third-order valence-corrected chi connectivity index (χ3v) is 4.69. The van der Waals surface area contributed by atoms with E-state index in [0.29, 0.717) is 0 Å². The van der Waals surface area contributed by atoms with Crippen molar-refractivity contribution in [3.63, 3.8) is 0 Å². The average molecular weight is 333 g/mol. The summed E-state index contributed by atoms with van der Waals surface area (Å²) in [7, 11) is 0. The highest BCUT2D eigenvalue weighted by Gasteiger charge is 2.16. The van der Waals surface area contributed by atoms with Gasteiger partial charge < -0.3 is 4.98 Å². The van der Waals surface area contributed by atoms with Crippen LogP contribution in [0.4, 0.5) is 0 Å². The van der Waals surface area contributed by atoms with Crippen molar-refractivity contribution in [2.75, 3.05) is 0 Å². The molecule has 0 saturated carbocycles. The van der Waals surface area contributed by atoms with E-state index < -0.39 is 0 Å². The molecule has 3 nitrogen and oxygen atoms in total. The summed E-state index contributed by atoms with van der Waals surface area (Å²) in [4.78, 5) is 8.15. The Kier molecular flexibility index (Phi) is 4.73. The second-order valence-electron chi connectivity index (χ2n) is 5.89. The summed E-state index contributed by atoms with van der Waals surface area (Å²) in [6.45, 7) is 6.03. The maximum atomic E-state index is 9.05. The quantitative estimate of drug-likeness (QED) is 0.653. The first kappa shape index (κ1) is 16.4. The summed E-state index contributed by atoms with van der Waals surface area (Å²) in [5.74, 6) is 0. The van der Waals surface area contributed by atoms with Gasteiger partial charge in [0.25, 0.3) is 0 Å². The maximum absolute atomic E-state index is 9.05. The Bertz CT molecular complexity index is 808. The minimum Gasteiger partial charge on any atom is -0.332 e. The summed E-state index contributed by atoms with van der Waals surface area (Å²) in [6.07, 6.45) is 0. The topological polar surface area (TPSA) is 52.5 Å². The SMILES string of the molecule is Cc1ccc(-c2nc(S[C@@H](C)C#N)[nH]c2-c2ccc(C)cc2)cc1. The predicted octanol–water partition coefficient (Wildman–Crippen LogP) is 5.36. The van der Waals surface area contributed by atoms with Crippen LogP contribution in [0, 0.1) is 25.2 Å². The van der Waals surface area contributed by atoms with Crippen molar-refractivity contribution in [1.29, 1.82) is 5.26 Å². The molecule has 1 heterocycles. The predicted molar refractivity (Wildman–Crippen MR) is 99.9 cm³/mol. The van der Waals surface area contributed by atoms with Crippen molar-refractivity contribution in [2.24, 2.45) is 0 Å². The van der Waals surface area contributed by atoms with Crippen molar-refractivity contribution in [3.05, 3.63) is 59.7 Å². The van der Waals surface area contributed by atoms with Crippen molar-refractivity contribution in [2.45, 2.75) is 31.2 Å². The van der Waals surface area contributed by atoms with Crippen LogP contribution in [0.25, 0.3) is 22.5 Å². The van der Waals surface area contributed by atoms with Crippen LogP contribution in [0.15, 0.2) is 53.7 Å². The summed E-state index contributed by atoms with van der Waals surface area (Å²) >= 11 is 1.45. The van der Waals surface area contributed by atoms with E-state index in [2.05, 4.69) is 73.4 Å². The summed E-state index contributed by atoms with van der Waals surface area (Å²) < 4.78 is 0. The number of rotatable bonds is 4. The molecule has 4 heteroatoms. The second-order valence-corrected chi connectivity index (χ2v) is 7.22. The maximum Gasteiger partial charge on any atom is 0.167 e. The number of benzene rings is 2. The van der Waals surface area contributed by atoms with Crippen LogP contribution in [-0.2, 0) is 0 Å². The molecule has 24 heavy (non-hydrogen) atoms.